The van der Waals surface area contributed by atoms with Crippen LogP contribution in [0.3, 0.4) is 0 Å². The van der Waals surface area contributed by atoms with Crippen LogP contribution in [0.1, 0.15) is 59.3 Å². The SMILES string of the molecule is Cc1cnc(C(=O)NC2CC(C)(C)Cc3c2cnn3Cc2ccccc2Cl)cn1. The van der Waals surface area contributed by atoms with Crippen LogP contribution in [0.25, 0.3) is 0 Å². The maximum atomic E-state index is 12.7. The molecular weight excluding hydrogens is 386 g/mol. The van der Waals surface area contributed by atoms with Crippen LogP contribution in [0.4, 0.5) is 0 Å². The van der Waals surface area contributed by atoms with Crippen LogP contribution in [-0.2, 0) is 13.0 Å². The zero-order chi connectivity index (χ0) is 20.6. The number of nitrogens with zero attached hydrogens (tertiary/aromatic N) is 4. The number of fused-ring (bicyclic) bond motifs is 1. The van der Waals surface area contributed by atoms with Crippen LogP contribution in [0.5, 0.6) is 0 Å². The van der Waals surface area contributed by atoms with Crippen molar-refractivity contribution >= 4 is 17.5 Å². The molecule has 150 valence electrons. The lowest BCUT2D eigenvalue weighted by Gasteiger charge is -2.36. The Kier molecular flexibility index (Phi) is 5.13. The van der Waals surface area contributed by atoms with Crippen LogP contribution in [0.2, 0.25) is 5.02 Å². The monoisotopic (exact) mass is 409 g/mol. The van der Waals surface area contributed by atoms with E-state index in [0.717, 1.165) is 40.4 Å². The van der Waals surface area contributed by atoms with Crippen LogP contribution >= 0.6 is 11.6 Å². The molecule has 1 atom stereocenters. The molecule has 1 unspecified atom stereocenters. The Bertz CT molecular complexity index is 1040. The summed E-state index contributed by atoms with van der Waals surface area (Å²) < 4.78 is 2.00. The molecule has 0 radical (unpaired) electrons. The van der Waals surface area contributed by atoms with E-state index in [1.807, 2.05) is 42.1 Å². The molecule has 0 spiro atoms. The second-order valence-electron chi connectivity index (χ2n) is 8.41. The molecule has 1 aliphatic rings. The number of carbonyl (C=O) groups excluding carboxylic acids is 1. The smallest absolute Gasteiger partial charge is 0.271 e. The fourth-order valence-electron chi connectivity index (χ4n) is 3.89. The minimum absolute atomic E-state index is 0.0299. The Morgan fingerprint density at radius 3 is 2.76 bits per heavy atom. The lowest BCUT2D eigenvalue weighted by atomic mass is 9.74. The van der Waals surface area contributed by atoms with Crippen LogP contribution in [0, 0.1) is 12.3 Å². The Morgan fingerprint density at radius 1 is 1.24 bits per heavy atom. The van der Waals surface area contributed by atoms with Gasteiger partial charge in [-0.15, -0.1) is 0 Å². The van der Waals surface area contributed by atoms with Crippen molar-refractivity contribution < 1.29 is 4.79 Å². The quantitative estimate of drug-likeness (QED) is 0.703. The molecule has 1 N–H and O–H groups in total. The Balaban J connectivity index is 1.61. The van der Waals surface area contributed by atoms with Crippen molar-refractivity contribution in [3.05, 3.63) is 76.1 Å². The summed E-state index contributed by atoms with van der Waals surface area (Å²) in [6.45, 7) is 6.88. The van der Waals surface area contributed by atoms with Gasteiger partial charge in [0, 0.05) is 22.5 Å². The lowest BCUT2D eigenvalue weighted by Crippen LogP contribution is -2.37. The minimum Gasteiger partial charge on any atom is -0.344 e. The predicted molar refractivity (Wildman–Crippen MR) is 112 cm³/mol. The molecule has 6 nitrogen and oxygen atoms in total. The summed E-state index contributed by atoms with van der Waals surface area (Å²) in [6.07, 6.45) is 6.71. The zero-order valence-corrected chi connectivity index (χ0v) is 17.6. The molecular formula is C22H24ClN5O. The molecule has 7 heteroatoms. The number of nitrogens with one attached hydrogen (secondary N) is 1. The van der Waals surface area contributed by atoms with Crippen molar-refractivity contribution in [2.24, 2.45) is 5.41 Å². The number of hydrogen-bond acceptors (Lipinski definition) is 4. The number of amides is 1. The highest BCUT2D eigenvalue weighted by Gasteiger charge is 2.36. The highest BCUT2D eigenvalue weighted by molar-refractivity contribution is 6.31. The van der Waals surface area contributed by atoms with Gasteiger partial charge in [0.15, 0.2) is 0 Å². The van der Waals surface area contributed by atoms with E-state index in [0.29, 0.717) is 12.2 Å². The molecule has 0 bridgehead atoms. The number of rotatable bonds is 4. The molecule has 2 aromatic heterocycles. The highest BCUT2D eigenvalue weighted by Crippen LogP contribution is 2.41. The largest absolute Gasteiger partial charge is 0.344 e. The normalized spacial score (nSPS) is 17.6. The van der Waals surface area contributed by atoms with Gasteiger partial charge in [0.1, 0.15) is 5.69 Å². The number of benzene rings is 1. The molecule has 0 fully saturated rings. The third-order valence-corrected chi connectivity index (χ3v) is 5.72. The highest BCUT2D eigenvalue weighted by atomic mass is 35.5. The van der Waals surface area contributed by atoms with E-state index in [2.05, 4.69) is 34.2 Å². The first-order valence-electron chi connectivity index (χ1n) is 9.70. The summed E-state index contributed by atoms with van der Waals surface area (Å²) in [4.78, 5) is 21.1. The van der Waals surface area contributed by atoms with Crippen molar-refractivity contribution in [3.63, 3.8) is 0 Å². The first-order chi connectivity index (χ1) is 13.8. The molecule has 4 rings (SSSR count). The van der Waals surface area contributed by atoms with Gasteiger partial charge in [-0.2, -0.15) is 5.10 Å². The van der Waals surface area contributed by atoms with E-state index >= 15 is 0 Å². The second kappa shape index (κ2) is 7.59. The molecule has 1 aromatic carbocycles. The molecule has 1 amide bonds. The topological polar surface area (TPSA) is 72.7 Å². The van der Waals surface area contributed by atoms with Crippen molar-refractivity contribution in [2.75, 3.05) is 0 Å². The van der Waals surface area contributed by atoms with Crippen molar-refractivity contribution in [2.45, 2.75) is 46.2 Å². The number of hydrogen-bond donors (Lipinski definition) is 1. The van der Waals surface area contributed by atoms with Gasteiger partial charge in [0.2, 0.25) is 0 Å². The van der Waals surface area contributed by atoms with E-state index in [1.165, 1.54) is 6.20 Å². The third kappa shape index (κ3) is 4.17. The molecule has 2 heterocycles. The summed E-state index contributed by atoms with van der Waals surface area (Å²) in [7, 11) is 0. The number of aromatic nitrogens is 4. The van der Waals surface area contributed by atoms with Crippen LogP contribution in [-0.4, -0.2) is 25.7 Å². The fraction of sp³-hybridized carbons (Fsp3) is 0.364. The van der Waals surface area contributed by atoms with Gasteiger partial charge in [-0.05, 0) is 36.8 Å². The van der Waals surface area contributed by atoms with Gasteiger partial charge in [0.25, 0.3) is 5.91 Å². The standard InChI is InChI=1S/C22H24ClN5O/c1-14-10-25-19(12-24-14)21(29)27-18-8-22(2,3)9-20-16(18)11-26-28(20)13-15-6-4-5-7-17(15)23/h4-7,10-12,18H,8-9,13H2,1-3H3,(H,27,29). The van der Waals surface area contributed by atoms with Crippen molar-refractivity contribution in [3.8, 4) is 0 Å². The van der Waals surface area contributed by atoms with Gasteiger partial charge in [-0.1, -0.05) is 43.6 Å². The molecule has 0 aliphatic heterocycles. The molecule has 0 saturated carbocycles. The lowest BCUT2D eigenvalue weighted by molar-refractivity contribution is 0.0913. The average Bonchev–Trinajstić information content (AvgIpc) is 3.05. The molecule has 29 heavy (non-hydrogen) atoms. The van der Waals surface area contributed by atoms with E-state index in [9.17, 15) is 4.79 Å². The predicted octanol–water partition coefficient (Wildman–Crippen LogP) is 4.13. The minimum atomic E-state index is -0.218. The number of halogens is 1. The summed E-state index contributed by atoms with van der Waals surface area (Å²) >= 11 is 6.35. The third-order valence-electron chi connectivity index (χ3n) is 5.36. The van der Waals surface area contributed by atoms with Crippen molar-refractivity contribution in [1.29, 1.82) is 0 Å². The number of aryl methyl sites for hydroxylation is 1. The fourth-order valence-corrected chi connectivity index (χ4v) is 4.09. The van der Waals surface area contributed by atoms with Gasteiger partial charge in [-0.3, -0.25) is 14.5 Å². The molecule has 0 saturated heterocycles. The Labute approximate surface area is 175 Å². The van der Waals surface area contributed by atoms with Gasteiger partial charge >= 0.3 is 0 Å². The number of carbonyl (C=O) groups is 1. The molecule has 3 aromatic rings. The summed E-state index contributed by atoms with van der Waals surface area (Å²) in [5.41, 5.74) is 4.36. The summed E-state index contributed by atoms with van der Waals surface area (Å²) in [6, 6.07) is 7.69. The second-order valence-corrected chi connectivity index (χ2v) is 8.82. The Hall–Kier alpha value is -2.73. The van der Waals surface area contributed by atoms with E-state index in [4.69, 9.17) is 11.6 Å². The average molecular weight is 410 g/mol. The van der Waals surface area contributed by atoms with Gasteiger partial charge < -0.3 is 5.32 Å². The van der Waals surface area contributed by atoms with Crippen molar-refractivity contribution in [1.82, 2.24) is 25.1 Å². The molecule has 1 aliphatic carbocycles. The summed E-state index contributed by atoms with van der Waals surface area (Å²) in [5, 5.41) is 8.49. The van der Waals surface area contributed by atoms with E-state index in [-0.39, 0.29) is 17.4 Å². The van der Waals surface area contributed by atoms with Crippen LogP contribution in [0.15, 0.2) is 42.9 Å². The van der Waals surface area contributed by atoms with E-state index in [1.54, 1.807) is 6.20 Å². The maximum Gasteiger partial charge on any atom is 0.271 e. The van der Waals surface area contributed by atoms with Gasteiger partial charge in [-0.25, -0.2) is 4.98 Å². The first kappa shape index (κ1) is 19.6. The summed E-state index contributed by atoms with van der Waals surface area (Å²) in [5.74, 6) is -0.218. The Morgan fingerprint density at radius 2 is 2.03 bits per heavy atom. The van der Waals surface area contributed by atoms with Gasteiger partial charge in [0.05, 0.1) is 30.7 Å². The maximum absolute atomic E-state index is 12.7. The van der Waals surface area contributed by atoms with Crippen LogP contribution < -0.4 is 5.32 Å². The van der Waals surface area contributed by atoms with E-state index < -0.39 is 0 Å². The zero-order valence-electron chi connectivity index (χ0n) is 16.8. The first-order valence-corrected chi connectivity index (χ1v) is 10.1.